The number of urea groups is 1. The zero-order valence-electron chi connectivity index (χ0n) is 14.5. The minimum Gasteiger partial charge on any atom is -0.380 e. The number of carbonyl (C=O) groups is 2. The lowest BCUT2D eigenvalue weighted by Crippen LogP contribution is -2.31. The van der Waals surface area contributed by atoms with E-state index in [0.717, 1.165) is 5.69 Å². The summed E-state index contributed by atoms with van der Waals surface area (Å²) in [6.45, 7) is 3.40. The van der Waals surface area contributed by atoms with Crippen LogP contribution < -0.4 is 15.5 Å². The normalized spacial score (nSPS) is 10.2. The van der Waals surface area contributed by atoms with E-state index in [1.165, 1.54) is 0 Å². The molecule has 2 rings (SSSR count). The number of anilines is 2. The van der Waals surface area contributed by atoms with Crippen LogP contribution >= 0.6 is 0 Å². The zero-order chi connectivity index (χ0) is 18.1. The Balaban J connectivity index is 1.98. The Bertz CT molecular complexity index is 704. The van der Waals surface area contributed by atoms with Gasteiger partial charge in [0, 0.05) is 37.1 Å². The lowest BCUT2D eigenvalue weighted by atomic mass is 10.1. The van der Waals surface area contributed by atoms with Crippen LogP contribution in [0.25, 0.3) is 0 Å². The van der Waals surface area contributed by atoms with E-state index < -0.39 is 0 Å². The molecule has 0 aliphatic rings. The van der Waals surface area contributed by atoms with Gasteiger partial charge in [0.1, 0.15) is 0 Å². The van der Waals surface area contributed by atoms with Crippen molar-refractivity contribution in [1.29, 1.82) is 0 Å². The van der Waals surface area contributed by atoms with Gasteiger partial charge in [0.05, 0.1) is 6.61 Å². The molecule has 0 spiro atoms. The lowest BCUT2D eigenvalue weighted by Gasteiger charge is -2.17. The third kappa shape index (κ3) is 5.61. The molecule has 0 aliphatic heterocycles. The van der Waals surface area contributed by atoms with Crippen molar-refractivity contribution in [1.82, 2.24) is 5.32 Å². The van der Waals surface area contributed by atoms with Crippen molar-refractivity contribution < 1.29 is 14.3 Å². The first-order valence-corrected chi connectivity index (χ1v) is 8.17. The van der Waals surface area contributed by atoms with Gasteiger partial charge in [-0.25, -0.2) is 4.79 Å². The maximum Gasteiger partial charge on any atom is 0.319 e. The number of hydrogen-bond donors (Lipinski definition) is 2. The van der Waals surface area contributed by atoms with Crippen LogP contribution in [0.5, 0.6) is 0 Å². The highest BCUT2D eigenvalue weighted by atomic mass is 16.5. The van der Waals surface area contributed by atoms with Crippen LogP contribution in [0, 0.1) is 0 Å². The van der Waals surface area contributed by atoms with E-state index in [0.29, 0.717) is 31.0 Å². The second-order valence-corrected chi connectivity index (χ2v) is 5.36. The summed E-state index contributed by atoms with van der Waals surface area (Å²) < 4.78 is 5.16. The summed E-state index contributed by atoms with van der Waals surface area (Å²) in [4.78, 5) is 26.0. The summed E-state index contributed by atoms with van der Waals surface area (Å²) in [5.74, 6) is -0.147. The highest BCUT2D eigenvalue weighted by molar-refractivity contribution is 6.06. The Hall–Kier alpha value is -2.86. The molecule has 0 bridgehead atoms. The van der Waals surface area contributed by atoms with Crippen molar-refractivity contribution in [2.75, 3.05) is 37.0 Å². The standard InChI is InChI=1S/C19H23N3O3/c1-3-25-13-12-20-19(24)21-16-9-7-8-15(14-16)18(23)22(2)17-10-5-4-6-11-17/h4-11,14H,3,12-13H2,1-2H3,(H2,20,21,24). The predicted molar refractivity (Wildman–Crippen MR) is 99.1 cm³/mol. The first-order chi connectivity index (χ1) is 12.1. The summed E-state index contributed by atoms with van der Waals surface area (Å²) in [6.07, 6.45) is 0. The van der Waals surface area contributed by atoms with Gasteiger partial charge in [0.25, 0.3) is 5.91 Å². The van der Waals surface area contributed by atoms with Crippen LogP contribution in [0.15, 0.2) is 54.6 Å². The average Bonchev–Trinajstić information content (AvgIpc) is 2.65. The minimum absolute atomic E-state index is 0.147. The van der Waals surface area contributed by atoms with Crippen LogP contribution in [0.4, 0.5) is 16.2 Å². The molecule has 0 atom stereocenters. The van der Waals surface area contributed by atoms with Gasteiger partial charge in [0.15, 0.2) is 0 Å². The molecular formula is C19H23N3O3. The monoisotopic (exact) mass is 341 g/mol. The molecule has 2 aromatic carbocycles. The van der Waals surface area contributed by atoms with Gasteiger partial charge >= 0.3 is 6.03 Å². The molecule has 2 N–H and O–H groups in total. The van der Waals surface area contributed by atoms with Crippen LogP contribution in [0.3, 0.4) is 0 Å². The third-order valence-electron chi connectivity index (χ3n) is 3.55. The molecule has 132 valence electrons. The van der Waals surface area contributed by atoms with E-state index in [9.17, 15) is 9.59 Å². The largest absolute Gasteiger partial charge is 0.380 e. The fourth-order valence-electron chi connectivity index (χ4n) is 2.25. The Morgan fingerprint density at radius 1 is 1.08 bits per heavy atom. The zero-order valence-corrected chi connectivity index (χ0v) is 14.5. The number of hydrogen-bond acceptors (Lipinski definition) is 3. The fourth-order valence-corrected chi connectivity index (χ4v) is 2.25. The fraction of sp³-hybridized carbons (Fsp3) is 0.263. The number of nitrogens with zero attached hydrogens (tertiary/aromatic N) is 1. The van der Waals surface area contributed by atoms with Crippen molar-refractivity contribution in [3.8, 4) is 0 Å². The molecule has 0 radical (unpaired) electrons. The number of carbonyl (C=O) groups excluding carboxylic acids is 2. The maximum atomic E-state index is 12.6. The van der Waals surface area contributed by atoms with E-state index in [-0.39, 0.29) is 11.9 Å². The summed E-state index contributed by atoms with van der Waals surface area (Å²) in [5.41, 5.74) is 1.86. The Morgan fingerprint density at radius 2 is 1.84 bits per heavy atom. The second-order valence-electron chi connectivity index (χ2n) is 5.36. The van der Waals surface area contributed by atoms with Crippen LogP contribution in [-0.4, -0.2) is 38.7 Å². The van der Waals surface area contributed by atoms with Crippen LogP contribution in [-0.2, 0) is 4.74 Å². The third-order valence-corrected chi connectivity index (χ3v) is 3.55. The highest BCUT2D eigenvalue weighted by Gasteiger charge is 2.14. The summed E-state index contributed by atoms with van der Waals surface area (Å²) in [5, 5.41) is 5.41. The van der Waals surface area contributed by atoms with Crippen molar-refractivity contribution in [2.24, 2.45) is 0 Å². The van der Waals surface area contributed by atoms with E-state index in [1.54, 1.807) is 36.2 Å². The van der Waals surface area contributed by atoms with E-state index in [1.807, 2.05) is 37.3 Å². The van der Waals surface area contributed by atoms with Crippen LogP contribution in [0.1, 0.15) is 17.3 Å². The van der Waals surface area contributed by atoms with Gasteiger partial charge in [-0.05, 0) is 37.3 Å². The second kappa shape index (κ2) is 9.44. The topological polar surface area (TPSA) is 70.7 Å². The van der Waals surface area contributed by atoms with E-state index >= 15 is 0 Å². The average molecular weight is 341 g/mol. The molecule has 0 aliphatic carbocycles. The predicted octanol–water partition coefficient (Wildman–Crippen LogP) is 3.12. The number of para-hydroxylation sites is 1. The smallest absolute Gasteiger partial charge is 0.319 e. The molecule has 0 saturated carbocycles. The van der Waals surface area contributed by atoms with Crippen molar-refractivity contribution in [3.63, 3.8) is 0 Å². The quantitative estimate of drug-likeness (QED) is 0.760. The Kier molecular flexibility index (Phi) is 6.98. The Labute approximate surface area is 147 Å². The molecule has 6 heteroatoms. The van der Waals surface area contributed by atoms with Gasteiger partial charge in [-0.2, -0.15) is 0 Å². The van der Waals surface area contributed by atoms with Gasteiger partial charge in [-0.1, -0.05) is 24.3 Å². The molecule has 25 heavy (non-hydrogen) atoms. The summed E-state index contributed by atoms with van der Waals surface area (Å²) in [6, 6.07) is 15.9. The number of ether oxygens (including phenoxy) is 1. The lowest BCUT2D eigenvalue weighted by molar-refractivity contribution is 0.0993. The highest BCUT2D eigenvalue weighted by Crippen LogP contribution is 2.17. The summed E-state index contributed by atoms with van der Waals surface area (Å²) in [7, 11) is 1.72. The molecule has 0 heterocycles. The molecule has 6 nitrogen and oxygen atoms in total. The number of rotatable bonds is 7. The molecule has 0 unspecified atom stereocenters. The molecule has 0 aromatic heterocycles. The molecule has 2 aromatic rings. The minimum atomic E-state index is -0.333. The first-order valence-electron chi connectivity index (χ1n) is 8.17. The van der Waals surface area contributed by atoms with Gasteiger partial charge in [-0.15, -0.1) is 0 Å². The summed E-state index contributed by atoms with van der Waals surface area (Å²) >= 11 is 0. The molecular weight excluding hydrogens is 318 g/mol. The SMILES string of the molecule is CCOCCNC(=O)Nc1cccc(C(=O)N(C)c2ccccc2)c1. The van der Waals surface area contributed by atoms with Gasteiger partial charge in [0.2, 0.25) is 0 Å². The van der Waals surface area contributed by atoms with Gasteiger partial charge < -0.3 is 20.3 Å². The molecule has 0 fully saturated rings. The number of amides is 3. The van der Waals surface area contributed by atoms with Crippen molar-refractivity contribution in [2.45, 2.75) is 6.92 Å². The maximum absolute atomic E-state index is 12.6. The number of benzene rings is 2. The van der Waals surface area contributed by atoms with Crippen LogP contribution in [0.2, 0.25) is 0 Å². The van der Waals surface area contributed by atoms with Gasteiger partial charge in [-0.3, -0.25) is 4.79 Å². The van der Waals surface area contributed by atoms with Crippen molar-refractivity contribution >= 4 is 23.3 Å². The number of nitrogens with one attached hydrogen (secondary N) is 2. The Morgan fingerprint density at radius 3 is 2.56 bits per heavy atom. The van der Waals surface area contributed by atoms with E-state index in [4.69, 9.17) is 4.74 Å². The van der Waals surface area contributed by atoms with E-state index in [2.05, 4.69) is 10.6 Å². The molecule has 0 saturated heterocycles. The molecule has 3 amide bonds. The van der Waals surface area contributed by atoms with Crippen molar-refractivity contribution in [3.05, 3.63) is 60.2 Å². The first kappa shape index (κ1) is 18.5.